The second-order valence-electron chi connectivity index (χ2n) is 7.92. The molecule has 5 heteroatoms. The van der Waals surface area contributed by atoms with Crippen molar-refractivity contribution in [3.63, 3.8) is 0 Å². The third-order valence-electron chi connectivity index (χ3n) is 5.70. The Morgan fingerprint density at radius 1 is 1.04 bits per heavy atom. The van der Waals surface area contributed by atoms with Gasteiger partial charge < -0.3 is 16.0 Å². The van der Waals surface area contributed by atoms with Crippen LogP contribution in [0.4, 0.5) is 0 Å². The summed E-state index contributed by atoms with van der Waals surface area (Å²) < 4.78 is 0. The summed E-state index contributed by atoms with van der Waals surface area (Å²) >= 11 is 0. The molecule has 1 fully saturated rings. The maximum absolute atomic E-state index is 13.2. The minimum atomic E-state index is -0.586. The Hall–Kier alpha value is -2.66. The van der Waals surface area contributed by atoms with Gasteiger partial charge in [0.25, 0.3) is 5.91 Å². The first-order valence-corrected chi connectivity index (χ1v) is 9.89. The molecule has 3 rings (SSSR count). The van der Waals surface area contributed by atoms with Crippen LogP contribution in [-0.4, -0.2) is 42.4 Å². The van der Waals surface area contributed by atoms with Crippen LogP contribution < -0.4 is 11.1 Å². The lowest BCUT2D eigenvalue weighted by Crippen LogP contribution is -2.53. The van der Waals surface area contributed by atoms with E-state index in [0.717, 1.165) is 18.4 Å². The smallest absolute Gasteiger partial charge is 0.251 e. The first-order chi connectivity index (χ1) is 13.5. The average molecular weight is 380 g/mol. The zero-order chi connectivity index (χ0) is 20.0. The highest BCUT2D eigenvalue weighted by atomic mass is 16.2. The molecular formula is C23H29N3O2. The average Bonchev–Trinajstić information content (AvgIpc) is 2.74. The van der Waals surface area contributed by atoms with Crippen molar-refractivity contribution in [2.75, 3.05) is 19.6 Å². The third-order valence-corrected chi connectivity index (χ3v) is 5.70. The molecule has 0 bridgehead atoms. The Bertz CT molecular complexity index is 784. The number of benzene rings is 2. The number of nitrogens with zero attached hydrogens (tertiary/aromatic N) is 1. The fourth-order valence-electron chi connectivity index (χ4n) is 3.57. The van der Waals surface area contributed by atoms with E-state index in [1.54, 1.807) is 12.1 Å². The van der Waals surface area contributed by atoms with Crippen LogP contribution in [0.2, 0.25) is 0 Å². The lowest BCUT2D eigenvalue weighted by molar-refractivity contribution is -0.135. The molecule has 2 aromatic carbocycles. The van der Waals surface area contributed by atoms with E-state index in [4.69, 9.17) is 5.73 Å². The van der Waals surface area contributed by atoms with E-state index in [0.29, 0.717) is 31.6 Å². The molecule has 3 N–H and O–H groups in total. The molecule has 1 unspecified atom stereocenters. The predicted molar refractivity (Wildman–Crippen MR) is 111 cm³/mol. The van der Waals surface area contributed by atoms with Gasteiger partial charge in [-0.25, -0.2) is 0 Å². The quantitative estimate of drug-likeness (QED) is 0.810. The van der Waals surface area contributed by atoms with Crippen LogP contribution in [0.15, 0.2) is 60.7 Å². The lowest BCUT2D eigenvalue weighted by Gasteiger charge is -2.40. The highest BCUT2D eigenvalue weighted by Gasteiger charge is 2.34. The van der Waals surface area contributed by atoms with Crippen LogP contribution in [-0.2, 0) is 11.2 Å². The Morgan fingerprint density at radius 3 is 2.18 bits per heavy atom. The lowest BCUT2D eigenvalue weighted by atomic mass is 9.80. The van der Waals surface area contributed by atoms with E-state index < -0.39 is 6.04 Å². The van der Waals surface area contributed by atoms with Gasteiger partial charge >= 0.3 is 0 Å². The minimum Gasteiger partial charge on any atom is -0.341 e. The van der Waals surface area contributed by atoms with Gasteiger partial charge in [-0.05, 0) is 42.5 Å². The van der Waals surface area contributed by atoms with Gasteiger partial charge in [0.15, 0.2) is 0 Å². The van der Waals surface area contributed by atoms with Crippen LogP contribution in [0.3, 0.4) is 0 Å². The molecule has 0 aliphatic carbocycles. The number of nitrogens with two attached hydrogens (primary N) is 1. The molecule has 1 saturated heterocycles. The molecule has 1 aliphatic heterocycles. The monoisotopic (exact) mass is 379 g/mol. The fourth-order valence-corrected chi connectivity index (χ4v) is 3.57. The van der Waals surface area contributed by atoms with E-state index in [1.807, 2.05) is 53.4 Å². The van der Waals surface area contributed by atoms with Crippen molar-refractivity contribution < 1.29 is 9.59 Å². The Balaban J connectivity index is 1.74. The zero-order valence-corrected chi connectivity index (χ0v) is 16.4. The largest absolute Gasteiger partial charge is 0.341 e. The normalized spacial score (nSPS) is 17.0. The molecule has 2 aromatic rings. The third kappa shape index (κ3) is 4.98. The van der Waals surface area contributed by atoms with E-state index in [-0.39, 0.29) is 17.2 Å². The van der Waals surface area contributed by atoms with Gasteiger partial charge in [0.1, 0.15) is 6.04 Å². The van der Waals surface area contributed by atoms with Crippen molar-refractivity contribution >= 4 is 11.8 Å². The number of hydrogen-bond acceptors (Lipinski definition) is 3. The van der Waals surface area contributed by atoms with Crippen molar-refractivity contribution in [3.05, 3.63) is 71.8 Å². The molecule has 0 saturated carbocycles. The van der Waals surface area contributed by atoms with Crippen molar-refractivity contribution in [2.45, 2.75) is 32.2 Å². The molecule has 1 atom stereocenters. The molecule has 0 aromatic heterocycles. The molecule has 0 spiro atoms. The highest BCUT2D eigenvalue weighted by Crippen LogP contribution is 2.29. The molecule has 1 heterocycles. The van der Waals surface area contributed by atoms with Gasteiger partial charge in [-0.2, -0.15) is 0 Å². The van der Waals surface area contributed by atoms with Gasteiger partial charge in [-0.15, -0.1) is 0 Å². The first kappa shape index (κ1) is 20.1. The molecular weight excluding hydrogens is 350 g/mol. The first-order valence-electron chi connectivity index (χ1n) is 9.89. The Labute approximate surface area is 166 Å². The van der Waals surface area contributed by atoms with Gasteiger partial charge in [0.2, 0.25) is 5.91 Å². The summed E-state index contributed by atoms with van der Waals surface area (Å²) in [5.74, 6) is -0.245. The molecule has 148 valence electrons. The van der Waals surface area contributed by atoms with Crippen LogP contribution in [0, 0.1) is 5.41 Å². The summed E-state index contributed by atoms with van der Waals surface area (Å²) in [4.78, 5) is 27.8. The molecule has 0 radical (unpaired) electrons. The van der Waals surface area contributed by atoms with E-state index in [2.05, 4.69) is 12.2 Å². The zero-order valence-electron chi connectivity index (χ0n) is 16.4. The van der Waals surface area contributed by atoms with Gasteiger partial charge in [0, 0.05) is 25.1 Å². The van der Waals surface area contributed by atoms with Crippen LogP contribution in [0.25, 0.3) is 0 Å². The van der Waals surface area contributed by atoms with Crippen molar-refractivity contribution in [1.29, 1.82) is 0 Å². The SMILES string of the molecule is CC1(CN)CCN(C(=O)C(Cc2ccccc2)NC(=O)c2ccccc2)CC1. The maximum Gasteiger partial charge on any atom is 0.251 e. The standard InChI is InChI=1S/C23H29N3O2/c1-23(17-24)12-14-26(15-13-23)22(28)20(16-18-8-4-2-5-9-18)25-21(27)19-10-6-3-7-11-19/h2-11,20H,12-17,24H2,1H3,(H,25,27). The van der Waals surface area contributed by atoms with E-state index >= 15 is 0 Å². The number of amides is 2. The van der Waals surface area contributed by atoms with Crippen molar-refractivity contribution in [1.82, 2.24) is 10.2 Å². The summed E-state index contributed by atoms with van der Waals surface area (Å²) in [6.07, 6.45) is 2.25. The number of rotatable bonds is 6. The summed E-state index contributed by atoms with van der Waals surface area (Å²) in [7, 11) is 0. The van der Waals surface area contributed by atoms with Crippen molar-refractivity contribution in [2.24, 2.45) is 11.1 Å². The van der Waals surface area contributed by atoms with Crippen LogP contribution in [0.1, 0.15) is 35.7 Å². The highest BCUT2D eigenvalue weighted by molar-refractivity contribution is 5.97. The fraction of sp³-hybridized carbons (Fsp3) is 0.391. The second kappa shape index (κ2) is 9.02. The van der Waals surface area contributed by atoms with Crippen LogP contribution in [0.5, 0.6) is 0 Å². The summed E-state index contributed by atoms with van der Waals surface area (Å²) in [6.45, 7) is 4.17. The predicted octanol–water partition coefficient (Wildman–Crippen LogP) is 2.62. The van der Waals surface area contributed by atoms with Crippen LogP contribution >= 0.6 is 0 Å². The van der Waals surface area contributed by atoms with Crippen molar-refractivity contribution in [3.8, 4) is 0 Å². The van der Waals surface area contributed by atoms with Gasteiger partial charge in [0.05, 0.1) is 0 Å². The number of carbonyl (C=O) groups excluding carboxylic acids is 2. The summed E-state index contributed by atoms with van der Waals surface area (Å²) in [5.41, 5.74) is 7.57. The second-order valence-corrected chi connectivity index (χ2v) is 7.92. The number of piperidine rings is 1. The molecule has 28 heavy (non-hydrogen) atoms. The number of hydrogen-bond donors (Lipinski definition) is 2. The van der Waals surface area contributed by atoms with Gasteiger partial charge in [-0.3, -0.25) is 9.59 Å². The topological polar surface area (TPSA) is 75.4 Å². The minimum absolute atomic E-state index is 0.0211. The number of likely N-dealkylation sites (tertiary alicyclic amines) is 1. The number of carbonyl (C=O) groups is 2. The number of nitrogens with one attached hydrogen (secondary N) is 1. The molecule has 2 amide bonds. The van der Waals surface area contributed by atoms with E-state index in [9.17, 15) is 9.59 Å². The molecule has 1 aliphatic rings. The summed E-state index contributed by atoms with van der Waals surface area (Å²) in [6, 6.07) is 18.2. The van der Waals surface area contributed by atoms with Gasteiger partial charge in [-0.1, -0.05) is 55.5 Å². The Morgan fingerprint density at radius 2 is 1.61 bits per heavy atom. The molecule has 5 nitrogen and oxygen atoms in total. The summed E-state index contributed by atoms with van der Waals surface area (Å²) in [5, 5.41) is 2.96. The van der Waals surface area contributed by atoms with E-state index in [1.165, 1.54) is 0 Å². The Kier molecular flexibility index (Phi) is 6.47. The maximum atomic E-state index is 13.2.